The Morgan fingerprint density at radius 2 is 1.51 bits per heavy atom. The molecule has 4 aromatic rings. The third-order valence-electron chi connectivity index (χ3n) is 6.55. The van der Waals surface area contributed by atoms with Gasteiger partial charge in [-0.05, 0) is 31.2 Å². The Morgan fingerprint density at radius 1 is 0.902 bits per heavy atom. The second-order valence-electron chi connectivity index (χ2n) is 9.52. The average Bonchev–Trinajstić information content (AvgIpc) is 3.66. The Labute approximate surface area is 235 Å². The fourth-order valence-corrected chi connectivity index (χ4v) is 4.44. The Bertz CT molecular complexity index is 1480. The van der Waals surface area contributed by atoms with Crippen LogP contribution in [-0.2, 0) is 24.4 Å². The fourth-order valence-electron chi connectivity index (χ4n) is 4.44. The molecule has 15 heteroatoms. The molecule has 15 nitrogen and oxygen atoms in total. The lowest BCUT2D eigenvalue weighted by Gasteiger charge is -2.20. The third-order valence-corrected chi connectivity index (χ3v) is 6.55. The molecule has 0 saturated heterocycles. The molecule has 0 bridgehead atoms. The number of rotatable bonds is 19. The highest BCUT2D eigenvalue weighted by Crippen LogP contribution is 2.26. The van der Waals surface area contributed by atoms with Crippen LogP contribution >= 0.6 is 0 Å². The van der Waals surface area contributed by atoms with E-state index in [1.807, 2.05) is 30.3 Å². The lowest BCUT2D eigenvalue weighted by atomic mass is 10.0. The topological polar surface area (TPSA) is 181 Å². The molecule has 1 atom stereocenters. The summed E-state index contributed by atoms with van der Waals surface area (Å²) >= 11 is 0. The number of nitrogens with one attached hydrogen (secondary N) is 3. The van der Waals surface area contributed by atoms with E-state index in [-0.39, 0.29) is 0 Å². The van der Waals surface area contributed by atoms with Crippen LogP contribution in [0.3, 0.4) is 0 Å². The molecule has 2 aromatic heterocycles. The largest absolute Gasteiger partial charge is 0.380 e. The van der Waals surface area contributed by atoms with E-state index in [2.05, 4.69) is 41.9 Å². The maximum Gasteiger partial charge on any atom is 0.253 e. The molecule has 1 amide bonds. The molecule has 2 heterocycles. The second-order valence-corrected chi connectivity index (χ2v) is 9.52. The van der Waals surface area contributed by atoms with E-state index in [0.717, 1.165) is 31.2 Å². The van der Waals surface area contributed by atoms with Crippen molar-refractivity contribution in [3.05, 3.63) is 85.0 Å². The number of carbonyl (C=O) groups is 1. The minimum absolute atomic E-state index is 0.330. The van der Waals surface area contributed by atoms with Crippen molar-refractivity contribution in [2.75, 3.05) is 30.8 Å². The number of hydrogen-bond acceptors (Lipinski definition) is 11. The lowest BCUT2D eigenvalue weighted by molar-refractivity contribution is -0.109. The highest BCUT2D eigenvalue weighted by atomic mass is 16.3. The first-order valence-electron chi connectivity index (χ1n) is 13.4. The molecule has 4 rings (SSSR count). The van der Waals surface area contributed by atoms with Crippen LogP contribution in [0, 0.1) is 4.91 Å². The number of nitroso groups, excluding NO2 is 1. The SMILES string of the molecule is CN(N=O)C(c1ccccc1)c1cn(CCCCNc2c(NCCCCn3cc(CNC=O)nn3)c(=O)c2=O)nn1. The zero-order valence-corrected chi connectivity index (χ0v) is 22.8. The van der Waals surface area contributed by atoms with Crippen molar-refractivity contribution in [2.45, 2.75) is 51.4 Å². The number of unbranched alkanes of at least 4 members (excludes halogenated alkanes) is 2. The number of aromatic nitrogens is 6. The smallest absolute Gasteiger partial charge is 0.253 e. The molecule has 0 fully saturated rings. The molecule has 0 aliphatic rings. The van der Waals surface area contributed by atoms with Crippen molar-refractivity contribution in [1.82, 2.24) is 40.3 Å². The van der Waals surface area contributed by atoms with Crippen molar-refractivity contribution >= 4 is 17.8 Å². The maximum atomic E-state index is 12.1. The number of nitrogens with zero attached hydrogens (tertiary/aromatic N) is 8. The van der Waals surface area contributed by atoms with E-state index < -0.39 is 16.9 Å². The molecule has 0 aliphatic carbocycles. The number of carbonyl (C=O) groups excluding carboxylic acids is 1. The molecule has 2 aromatic carbocycles. The van der Waals surface area contributed by atoms with E-state index in [1.54, 1.807) is 28.8 Å². The number of aryl methyl sites for hydroxylation is 2. The average molecular weight is 564 g/mol. The van der Waals surface area contributed by atoms with Crippen molar-refractivity contribution < 1.29 is 4.79 Å². The second kappa shape index (κ2) is 14.4. The summed E-state index contributed by atoms with van der Waals surface area (Å²) in [5, 5.41) is 29.5. The predicted octanol–water partition coefficient (Wildman–Crippen LogP) is 1.20. The van der Waals surface area contributed by atoms with E-state index in [1.165, 1.54) is 5.01 Å². The van der Waals surface area contributed by atoms with Gasteiger partial charge in [0.1, 0.15) is 28.8 Å². The van der Waals surface area contributed by atoms with Gasteiger partial charge in [-0.3, -0.25) is 28.8 Å². The first kappa shape index (κ1) is 29.0. The summed E-state index contributed by atoms with van der Waals surface area (Å²) in [6, 6.07) is 9.07. The van der Waals surface area contributed by atoms with Crippen molar-refractivity contribution in [2.24, 2.45) is 5.29 Å². The zero-order valence-electron chi connectivity index (χ0n) is 22.8. The molecular weight excluding hydrogens is 530 g/mol. The van der Waals surface area contributed by atoms with Gasteiger partial charge in [-0.1, -0.05) is 40.8 Å². The van der Waals surface area contributed by atoms with Crippen LogP contribution in [0.5, 0.6) is 0 Å². The summed E-state index contributed by atoms with van der Waals surface area (Å²) in [5.41, 5.74) is 1.83. The summed E-state index contributed by atoms with van der Waals surface area (Å²) < 4.78 is 3.42. The minimum Gasteiger partial charge on any atom is -0.380 e. The van der Waals surface area contributed by atoms with E-state index >= 15 is 0 Å². The third kappa shape index (κ3) is 7.58. The van der Waals surface area contributed by atoms with Gasteiger partial charge >= 0.3 is 0 Å². The summed E-state index contributed by atoms with van der Waals surface area (Å²) in [6.45, 7) is 2.66. The van der Waals surface area contributed by atoms with Gasteiger partial charge in [-0.2, -0.15) is 0 Å². The number of hydrogen-bond donors (Lipinski definition) is 3. The number of amides is 1. The van der Waals surface area contributed by atoms with Gasteiger partial charge in [-0.15, -0.1) is 15.1 Å². The van der Waals surface area contributed by atoms with Gasteiger partial charge in [0.15, 0.2) is 0 Å². The fraction of sp³-hybridized carbons (Fsp3) is 0.423. The van der Waals surface area contributed by atoms with Gasteiger partial charge in [-0.25, -0.2) is 0 Å². The van der Waals surface area contributed by atoms with Crippen LogP contribution in [0.2, 0.25) is 0 Å². The Balaban J connectivity index is 1.17. The van der Waals surface area contributed by atoms with Crippen molar-refractivity contribution in [1.29, 1.82) is 0 Å². The normalized spacial score (nSPS) is 11.7. The Kier molecular flexibility index (Phi) is 10.2. The predicted molar refractivity (Wildman–Crippen MR) is 152 cm³/mol. The molecule has 0 radical (unpaired) electrons. The van der Waals surface area contributed by atoms with Gasteiger partial charge in [0.2, 0.25) is 6.41 Å². The van der Waals surface area contributed by atoms with Gasteiger partial charge in [0.05, 0.1) is 24.2 Å². The first-order chi connectivity index (χ1) is 20.0. The quantitative estimate of drug-likeness (QED) is 0.0490. The van der Waals surface area contributed by atoms with E-state index in [9.17, 15) is 19.3 Å². The van der Waals surface area contributed by atoms with Crippen molar-refractivity contribution in [3.8, 4) is 0 Å². The van der Waals surface area contributed by atoms with Crippen LogP contribution in [0.25, 0.3) is 0 Å². The summed E-state index contributed by atoms with van der Waals surface area (Å²) in [7, 11) is 1.60. The van der Waals surface area contributed by atoms with E-state index in [4.69, 9.17) is 0 Å². The number of anilines is 2. The molecular formula is C26H33N11O4. The summed E-state index contributed by atoms with van der Waals surface area (Å²) in [6.07, 6.45) is 7.26. The zero-order chi connectivity index (χ0) is 29.0. The van der Waals surface area contributed by atoms with Gasteiger partial charge in [0.25, 0.3) is 10.9 Å². The lowest BCUT2D eigenvalue weighted by Crippen LogP contribution is -2.37. The standard InChI is InChI=1S/C26H33N11O4/c1-35(34-41)24(19-9-3-2-4-10-19)21-17-37(33-31-21)14-8-6-12-29-23-22(25(39)26(23)40)28-11-5-7-13-36-16-20(30-32-36)15-27-18-38/h2-4,9-10,16-18,24,28-29H,5-8,11-15H2,1H3,(H,27,38). The molecule has 0 aliphatic heterocycles. The monoisotopic (exact) mass is 563 g/mol. The summed E-state index contributed by atoms with van der Waals surface area (Å²) in [4.78, 5) is 45.7. The van der Waals surface area contributed by atoms with Crippen LogP contribution in [0.15, 0.2) is 57.6 Å². The number of benzene rings is 1. The van der Waals surface area contributed by atoms with E-state index in [0.29, 0.717) is 61.9 Å². The van der Waals surface area contributed by atoms with Crippen LogP contribution in [0.1, 0.15) is 48.7 Å². The van der Waals surface area contributed by atoms with Crippen molar-refractivity contribution in [3.63, 3.8) is 0 Å². The van der Waals surface area contributed by atoms with Crippen LogP contribution in [-0.4, -0.2) is 61.5 Å². The maximum absolute atomic E-state index is 12.1. The Hall–Kier alpha value is -4.95. The van der Waals surface area contributed by atoms with Gasteiger partial charge in [0, 0.05) is 33.2 Å². The highest BCUT2D eigenvalue weighted by molar-refractivity contribution is 5.73. The Morgan fingerprint density at radius 3 is 2.12 bits per heavy atom. The minimum atomic E-state index is -0.507. The van der Waals surface area contributed by atoms with Gasteiger partial charge < -0.3 is 16.0 Å². The highest BCUT2D eigenvalue weighted by Gasteiger charge is 2.23. The molecule has 3 N–H and O–H groups in total. The summed E-state index contributed by atoms with van der Waals surface area (Å²) in [5.74, 6) is 0. The molecule has 41 heavy (non-hydrogen) atoms. The molecule has 216 valence electrons. The van der Waals surface area contributed by atoms with Crippen LogP contribution < -0.4 is 26.8 Å². The first-order valence-corrected chi connectivity index (χ1v) is 13.4. The molecule has 0 spiro atoms. The molecule has 1 unspecified atom stereocenters. The van der Waals surface area contributed by atoms with Crippen LogP contribution in [0.4, 0.5) is 11.4 Å². The molecule has 0 saturated carbocycles.